The number of anilines is 1. The van der Waals surface area contributed by atoms with Gasteiger partial charge in [0.2, 0.25) is 5.91 Å². The van der Waals surface area contributed by atoms with Gasteiger partial charge in [0.15, 0.2) is 0 Å². The monoisotopic (exact) mass is 320 g/mol. The van der Waals surface area contributed by atoms with Gasteiger partial charge >= 0.3 is 0 Å². The number of nitrogens with one attached hydrogen (secondary N) is 1. The van der Waals surface area contributed by atoms with Crippen LogP contribution in [0.15, 0.2) is 12.5 Å². The van der Waals surface area contributed by atoms with Crippen LogP contribution >= 0.6 is 0 Å². The highest BCUT2D eigenvalue weighted by Gasteiger charge is 2.28. The molecule has 0 saturated carbocycles. The molecule has 8 nitrogen and oxygen atoms in total. The number of rotatable bonds is 4. The molecule has 1 aromatic rings. The van der Waals surface area contributed by atoms with Gasteiger partial charge in [0.05, 0.1) is 11.6 Å². The Labute approximate surface area is 135 Å². The molecule has 23 heavy (non-hydrogen) atoms. The fraction of sp³-hybridized carbons (Fsp3) is 0.600. The zero-order valence-electron chi connectivity index (χ0n) is 13.5. The Morgan fingerprint density at radius 2 is 2.00 bits per heavy atom. The number of nitrogen functional groups attached to an aromatic ring is 1. The van der Waals surface area contributed by atoms with Crippen molar-refractivity contribution < 1.29 is 9.59 Å². The Morgan fingerprint density at radius 3 is 2.57 bits per heavy atom. The molecule has 0 aliphatic carbocycles. The van der Waals surface area contributed by atoms with Gasteiger partial charge in [-0.1, -0.05) is 0 Å². The summed E-state index contributed by atoms with van der Waals surface area (Å²) in [5.74, 6) is 0.183. The van der Waals surface area contributed by atoms with Crippen molar-refractivity contribution in [2.45, 2.75) is 38.8 Å². The molecular weight excluding hydrogens is 296 g/mol. The molecule has 2 amide bonds. The van der Waals surface area contributed by atoms with Crippen molar-refractivity contribution in [2.24, 2.45) is 11.7 Å². The molecule has 1 fully saturated rings. The highest BCUT2D eigenvalue weighted by molar-refractivity contribution is 5.98. The van der Waals surface area contributed by atoms with E-state index in [0.29, 0.717) is 19.0 Å². The number of aromatic nitrogens is 2. The second kappa shape index (κ2) is 7.36. The lowest BCUT2D eigenvalue weighted by molar-refractivity contribution is -0.133. The molecule has 2 atom stereocenters. The quantitative estimate of drug-likeness (QED) is 0.703. The number of carbonyl (C=O) groups excluding carboxylic acids is 2. The summed E-state index contributed by atoms with van der Waals surface area (Å²) in [6.45, 7) is 5.00. The summed E-state index contributed by atoms with van der Waals surface area (Å²) in [4.78, 5) is 33.5. The van der Waals surface area contributed by atoms with Gasteiger partial charge in [-0.15, -0.1) is 0 Å². The smallest absolute Gasteiger partial charge is 0.256 e. The number of hydrogen-bond donors (Lipinski definition) is 3. The SMILES string of the molecule is CC(NC(=O)c1cncnc1N)C1CCN(C(=O)[C@H](C)N)CC1. The molecule has 1 aromatic heterocycles. The highest BCUT2D eigenvalue weighted by atomic mass is 16.2. The van der Waals surface area contributed by atoms with Crippen molar-refractivity contribution in [3.63, 3.8) is 0 Å². The number of nitrogens with two attached hydrogens (primary N) is 2. The summed E-state index contributed by atoms with van der Waals surface area (Å²) in [6.07, 6.45) is 4.39. The van der Waals surface area contributed by atoms with E-state index in [1.165, 1.54) is 12.5 Å². The Bertz CT molecular complexity index is 569. The van der Waals surface area contributed by atoms with Gasteiger partial charge in [-0.05, 0) is 32.6 Å². The molecule has 2 heterocycles. The van der Waals surface area contributed by atoms with Crippen LogP contribution < -0.4 is 16.8 Å². The Balaban J connectivity index is 1.88. The molecule has 1 saturated heterocycles. The largest absolute Gasteiger partial charge is 0.383 e. The average Bonchev–Trinajstić information content (AvgIpc) is 2.54. The van der Waals surface area contributed by atoms with Crippen LogP contribution in [-0.4, -0.2) is 51.9 Å². The molecule has 0 bridgehead atoms. The molecule has 0 aromatic carbocycles. The van der Waals surface area contributed by atoms with Crippen LogP contribution in [0.25, 0.3) is 0 Å². The molecular formula is C15H24N6O2. The first-order chi connectivity index (χ1) is 10.9. The van der Waals surface area contributed by atoms with E-state index in [1.54, 1.807) is 11.8 Å². The lowest BCUT2D eigenvalue weighted by Gasteiger charge is -2.35. The van der Waals surface area contributed by atoms with Gasteiger partial charge in [0.1, 0.15) is 12.1 Å². The summed E-state index contributed by atoms with van der Waals surface area (Å²) in [5, 5.41) is 2.95. The summed E-state index contributed by atoms with van der Waals surface area (Å²) < 4.78 is 0. The highest BCUT2D eigenvalue weighted by Crippen LogP contribution is 2.21. The first kappa shape index (κ1) is 17.1. The van der Waals surface area contributed by atoms with E-state index < -0.39 is 6.04 Å². The van der Waals surface area contributed by atoms with Crippen LogP contribution in [0.4, 0.5) is 5.82 Å². The first-order valence-electron chi connectivity index (χ1n) is 7.81. The van der Waals surface area contributed by atoms with Crippen LogP contribution in [0, 0.1) is 5.92 Å². The fourth-order valence-corrected chi connectivity index (χ4v) is 2.82. The third-order valence-electron chi connectivity index (χ3n) is 4.29. The minimum Gasteiger partial charge on any atom is -0.383 e. The predicted molar refractivity (Wildman–Crippen MR) is 86.3 cm³/mol. The van der Waals surface area contributed by atoms with Gasteiger partial charge in [-0.3, -0.25) is 9.59 Å². The molecule has 1 unspecified atom stereocenters. The zero-order valence-corrected chi connectivity index (χ0v) is 13.5. The van der Waals surface area contributed by atoms with Crippen molar-refractivity contribution in [3.05, 3.63) is 18.1 Å². The number of likely N-dealkylation sites (tertiary alicyclic amines) is 1. The normalized spacial score (nSPS) is 18.3. The van der Waals surface area contributed by atoms with Crippen molar-refractivity contribution in [1.29, 1.82) is 0 Å². The molecule has 8 heteroatoms. The molecule has 5 N–H and O–H groups in total. The topological polar surface area (TPSA) is 127 Å². The van der Waals surface area contributed by atoms with Crippen molar-refractivity contribution in [1.82, 2.24) is 20.2 Å². The maximum Gasteiger partial charge on any atom is 0.256 e. The van der Waals surface area contributed by atoms with E-state index in [9.17, 15) is 9.59 Å². The molecule has 126 valence electrons. The number of nitrogens with zero attached hydrogens (tertiary/aromatic N) is 3. The Kier molecular flexibility index (Phi) is 5.49. The number of piperidine rings is 1. The first-order valence-corrected chi connectivity index (χ1v) is 7.81. The molecule has 0 radical (unpaired) electrons. The fourth-order valence-electron chi connectivity index (χ4n) is 2.82. The second-order valence-electron chi connectivity index (χ2n) is 6.04. The lowest BCUT2D eigenvalue weighted by Crippen LogP contribution is -2.49. The number of hydrogen-bond acceptors (Lipinski definition) is 6. The molecule has 0 spiro atoms. The maximum atomic E-state index is 12.2. The van der Waals surface area contributed by atoms with Gasteiger partial charge in [0, 0.05) is 25.3 Å². The minimum atomic E-state index is -0.468. The second-order valence-corrected chi connectivity index (χ2v) is 6.04. The van der Waals surface area contributed by atoms with Crippen molar-refractivity contribution in [3.8, 4) is 0 Å². The Hall–Kier alpha value is -2.22. The summed E-state index contributed by atoms with van der Waals surface area (Å²) in [6, 6.07) is -0.487. The van der Waals surface area contributed by atoms with E-state index in [2.05, 4.69) is 15.3 Å². The van der Waals surface area contributed by atoms with Gasteiger partial charge in [-0.25, -0.2) is 9.97 Å². The van der Waals surface area contributed by atoms with Crippen LogP contribution in [0.2, 0.25) is 0 Å². The zero-order chi connectivity index (χ0) is 17.0. The van der Waals surface area contributed by atoms with Crippen molar-refractivity contribution in [2.75, 3.05) is 18.8 Å². The van der Waals surface area contributed by atoms with E-state index in [0.717, 1.165) is 12.8 Å². The third-order valence-corrected chi connectivity index (χ3v) is 4.29. The van der Waals surface area contributed by atoms with E-state index in [-0.39, 0.29) is 29.2 Å². The van der Waals surface area contributed by atoms with Gasteiger partial charge < -0.3 is 21.7 Å². The third kappa shape index (κ3) is 4.16. The van der Waals surface area contributed by atoms with Crippen LogP contribution in [0.3, 0.4) is 0 Å². The number of amides is 2. The summed E-state index contributed by atoms with van der Waals surface area (Å²) >= 11 is 0. The van der Waals surface area contributed by atoms with E-state index in [1.807, 2.05) is 6.92 Å². The lowest BCUT2D eigenvalue weighted by atomic mass is 9.90. The predicted octanol–water partition coefficient (Wildman–Crippen LogP) is -0.237. The van der Waals surface area contributed by atoms with Gasteiger partial charge in [0.25, 0.3) is 5.91 Å². The Morgan fingerprint density at radius 1 is 1.35 bits per heavy atom. The van der Waals surface area contributed by atoms with E-state index >= 15 is 0 Å². The number of carbonyl (C=O) groups is 2. The molecule has 2 rings (SSSR count). The molecule has 1 aliphatic heterocycles. The van der Waals surface area contributed by atoms with Crippen molar-refractivity contribution >= 4 is 17.6 Å². The van der Waals surface area contributed by atoms with Crippen LogP contribution in [0.1, 0.15) is 37.0 Å². The van der Waals surface area contributed by atoms with E-state index in [4.69, 9.17) is 11.5 Å². The van der Waals surface area contributed by atoms with Crippen LogP contribution in [-0.2, 0) is 4.79 Å². The average molecular weight is 320 g/mol. The summed E-state index contributed by atoms with van der Waals surface area (Å²) in [5.41, 5.74) is 11.6. The minimum absolute atomic E-state index is 0.0188. The maximum absolute atomic E-state index is 12.2. The molecule has 1 aliphatic rings. The van der Waals surface area contributed by atoms with Gasteiger partial charge in [-0.2, -0.15) is 0 Å². The standard InChI is InChI=1S/C15H24N6O2/c1-9(16)15(23)21-5-3-11(4-6-21)10(2)20-14(22)12-7-18-8-19-13(12)17/h7-11H,3-6,16H2,1-2H3,(H,20,22)(H2,17,18,19)/t9-,10?/m0/s1. The summed E-state index contributed by atoms with van der Waals surface area (Å²) in [7, 11) is 0. The van der Waals surface area contributed by atoms with Crippen LogP contribution in [0.5, 0.6) is 0 Å².